The number of hydrogen-bond donors (Lipinski definition) is 1. The summed E-state index contributed by atoms with van der Waals surface area (Å²) < 4.78 is 0. The second-order valence-electron chi connectivity index (χ2n) is 4.27. The molecule has 2 aliphatic rings. The SMILES string of the molecule is N#CC[C@@H]1C[C@H]2CC[C@@H](C1)N2C(=O)O. The van der Waals surface area contributed by atoms with E-state index in [2.05, 4.69) is 6.07 Å². The van der Waals surface area contributed by atoms with E-state index in [1.165, 1.54) is 0 Å². The van der Waals surface area contributed by atoms with E-state index in [-0.39, 0.29) is 12.1 Å². The van der Waals surface area contributed by atoms with E-state index in [0.717, 1.165) is 25.7 Å². The van der Waals surface area contributed by atoms with Crippen LogP contribution in [0.3, 0.4) is 0 Å². The predicted octanol–water partition coefficient (Wildman–Crippen LogP) is 1.82. The van der Waals surface area contributed by atoms with Gasteiger partial charge in [0.05, 0.1) is 6.07 Å². The quantitative estimate of drug-likeness (QED) is 0.692. The number of hydrogen-bond acceptors (Lipinski definition) is 2. The Balaban J connectivity index is 2.05. The van der Waals surface area contributed by atoms with Crippen LogP contribution >= 0.6 is 0 Å². The Morgan fingerprint density at radius 3 is 2.43 bits per heavy atom. The summed E-state index contributed by atoms with van der Waals surface area (Å²) in [5.41, 5.74) is 0. The Hall–Kier alpha value is -1.24. The van der Waals surface area contributed by atoms with Gasteiger partial charge in [-0.1, -0.05) is 0 Å². The van der Waals surface area contributed by atoms with Crippen LogP contribution in [-0.2, 0) is 0 Å². The van der Waals surface area contributed by atoms with Gasteiger partial charge < -0.3 is 10.0 Å². The van der Waals surface area contributed by atoms with Crippen LogP contribution in [0.5, 0.6) is 0 Å². The number of amides is 1. The first-order valence-corrected chi connectivity index (χ1v) is 5.10. The average molecular weight is 194 g/mol. The minimum Gasteiger partial charge on any atom is -0.465 e. The lowest BCUT2D eigenvalue weighted by Crippen LogP contribution is -2.45. The molecule has 1 amide bonds. The van der Waals surface area contributed by atoms with Crippen molar-refractivity contribution in [3.05, 3.63) is 0 Å². The van der Waals surface area contributed by atoms with Crippen molar-refractivity contribution in [2.45, 2.75) is 44.2 Å². The van der Waals surface area contributed by atoms with Crippen molar-refractivity contribution in [1.82, 2.24) is 4.90 Å². The van der Waals surface area contributed by atoms with Crippen molar-refractivity contribution in [3.63, 3.8) is 0 Å². The van der Waals surface area contributed by atoms with E-state index in [4.69, 9.17) is 10.4 Å². The summed E-state index contributed by atoms with van der Waals surface area (Å²) >= 11 is 0. The smallest absolute Gasteiger partial charge is 0.407 e. The van der Waals surface area contributed by atoms with E-state index >= 15 is 0 Å². The standard InChI is InChI=1S/C10H14N2O2/c11-4-3-7-5-8-1-2-9(6-7)12(8)10(13)14/h7-9H,1-3,5-6H2,(H,13,14)/t7-,8-,9+. The van der Waals surface area contributed by atoms with E-state index in [1.54, 1.807) is 4.90 Å². The largest absolute Gasteiger partial charge is 0.465 e. The number of nitriles is 1. The molecule has 2 rings (SSSR count). The number of carbonyl (C=O) groups is 1. The molecule has 2 aliphatic heterocycles. The van der Waals surface area contributed by atoms with Gasteiger partial charge in [-0.25, -0.2) is 4.79 Å². The molecule has 0 unspecified atom stereocenters. The molecule has 0 spiro atoms. The highest BCUT2D eigenvalue weighted by atomic mass is 16.4. The first kappa shape index (κ1) is 9.32. The molecule has 2 fully saturated rings. The molecule has 0 radical (unpaired) electrons. The van der Waals surface area contributed by atoms with Gasteiger partial charge >= 0.3 is 6.09 Å². The number of fused-ring (bicyclic) bond motifs is 2. The Morgan fingerprint density at radius 2 is 2.00 bits per heavy atom. The van der Waals surface area contributed by atoms with Crippen molar-refractivity contribution >= 4 is 6.09 Å². The van der Waals surface area contributed by atoms with E-state index in [9.17, 15) is 4.79 Å². The van der Waals surface area contributed by atoms with E-state index in [1.807, 2.05) is 0 Å². The second-order valence-corrected chi connectivity index (χ2v) is 4.27. The Bertz CT molecular complexity index is 270. The van der Waals surface area contributed by atoms with Crippen LogP contribution in [0.15, 0.2) is 0 Å². The molecule has 3 atom stereocenters. The average Bonchev–Trinajstić information content (AvgIpc) is 2.39. The van der Waals surface area contributed by atoms with Crippen molar-refractivity contribution in [3.8, 4) is 6.07 Å². The van der Waals surface area contributed by atoms with E-state index < -0.39 is 6.09 Å². The molecule has 1 N–H and O–H groups in total. The minimum absolute atomic E-state index is 0.185. The number of rotatable bonds is 1. The first-order chi connectivity index (χ1) is 6.72. The van der Waals surface area contributed by atoms with Crippen molar-refractivity contribution in [2.75, 3.05) is 0 Å². The Morgan fingerprint density at radius 1 is 1.43 bits per heavy atom. The summed E-state index contributed by atoms with van der Waals surface area (Å²) in [5, 5.41) is 17.6. The van der Waals surface area contributed by atoms with Gasteiger partial charge in [0.2, 0.25) is 0 Å². The minimum atomic E-state index is -0.784. The summed E-state index contributed by atoms with van der Waals surface area (Å²) in [6.45, 7) is 0. The highest BCUT2D eigenvalue weighted by Gasteiger charge is 2.42. The van der Waals surface area contributed by atoms with Gasteiger partial charge in [0, 0.05) is 18.5 Å². The van der Waals surface area contributed by atoms with Gasteiger partial charge in [-0.3, -0.25) is 0 Å². The summed E-state index contributed by atoms with van der Waals surface area (Å²) in [4.78, 5) is 12.5. The maximum atomic E-state index is 10.9. The van der Waals surface area contributed by atoms with Crippen LogP contribution in [0, 0.1) is 17.2 Å². The maximum Gasteiger partial charge on any atom is 0.407 e. The molecule has 0 saturated carbocycles. The lowest BCUT2D eigenvalue weighted by molar-refractivity contribution is 0.0858. The van der Waals surface area contributed by atoms with Crippen LogP contribution in [0.2, 0.25) is 0 Å². The fourth-order valence-corrected chi connectivity index (χ4v) is 2.90. The van der Waals surface area contributed by atoms with Gasteiger partial charge in [0.25, 0.3) is 0 Å². The number of nitrogens with zero attached hydrogens (tertiary/aromatic N) is 2. The van der Waals surface area contributed by atoms with Gasteiger partial charge in [-0.2, -0.15) is 5.26 Å². The summed E-state index contributed by atoms with van der Waals surface area (Å²) in [6, 6.07) is 2.55. The van der Waals surface area contributed by atoms with Gasteiger partial charge in [0.1, 0.15) is 0 Å². The number of piperidine rings is 1. The first-order valence-electron chi connectivity index (χ1n) is 5.10. The van der Waals surface area contributed by atoms with Gasteiger partial charge in [-0.15, -0.1) is 0 Å². The lowest BCUT2D eigenvalue weighted by atomic mass is 9.89. The van der Waals surface area contributed by atoms with E-state index in [0.29, 0.717) is 12.3 Å². The van der Waals surface area contributed by atoms with Gasteiger partial charge in [0.15, 0.2) is 0 Å². The molecule has 76 valence electrons. The molecule has 14 heavy (non-hydrogen) atoms. The highest BCUT2D eigenvalue weighted by molar-refractivity contribution is 5.66. The molecule has 0 aromatic rings. The second kappa shape index (κ2) is 3.49. The maximum absolute atomic E-state index is 10.9. The fourth-order valence-electron chi connectivity index (χ4n) is 2.90. The third kappa shape index (κ3) is 1.43. The zero-order valence-electron chi connectivity index (χ0n) is 8.02. The molecule has 0 aromatic carbocycles. The molecule has 0 aliphatic carbocycles. The summed E-state index contributed by atoms with van der Waals surface area (Å²) in [7, 11) is 0. The molecule has 2 saturated heterocycles. The monoisotopic (exact) mass is 194 g/mol. The molecular formula is C10H14N2O2. The Kier molecular flexibility index (Phi) is 2.32. The number of carboxylic acid groups (broad SMARTS) is 1. The fraction of sp³-hybridized carbons (Fsp3) is 0.800. The van der Waals surface area contributed by atoms with Crippen molar-refractivity contribution in [2.24, 2.45) is 5.92 Å². The molecule has 2 heterocycles. The normalized spacial score (nSPS) is 35.4. The zero-order valence-corrected chi connectivity index (χ0v) is 8.02. The van der Waals surface area contributed by atoms with Gasteiger partial charge in [-0.05, 0) is 31.6 Å². The molecule has 2 bridgehead atoms. The van der Waals surface area contributed by atoms with Crippen molar-refractivity contribution in [1.29, 1.82) is 5.26 Å². The zero-order chi connectivity index (χ0) is 10.1. The molecule has 0 aromatic heterocycles. The summed E-state index contributed by atoms with van der Waals surface area (Å²) in [5.74, 6) is 0.424. The molecular weight excluding hydrogens is 180 g/mol. The van der Waals surface area contributed by atoms with Crippen molar-refractivity contribution < 1.29 is 9.90 Å². The van der Waals surface area contributed by atoms with Crippen LogP contribution in [0.4, 0.5) is 4.79 Å². The van der Waals surface area contributed by atoms with Crippen LogP contribution < -0.4 is 0 Å². The van der Waals surface area contributed by atoms with Crippen LogP contribution in [0.1, 0.15) is 32.1 Å². The summed E-state index contributed by atoms with van der Waals surface area (Å²) in [6.07, 6.45) is 3.54. The lowest BCUT2D eigenvalue weighted by Gasteiger charge is -2.36. The highest BCUT2D eigenvalue weighted by Crippen LogP contribution is 2.39. The topological polar surface area (TPSA) is 64.3 Å². The van der Waals surface area contributed by atoms with Crippen LogP contribution in [0.25, 0.3) is 0 Å². The Labute approximate surface area is 83.1 Å². The predicted molar refractivity (Wildman–Crippen MR) is 49.6 cm³/mol. The molecule has 4 heteroatoms. The van der Waals surface area contributed by atoms with Crippen LogP contribution in [-0.4, -0.2) is 28.2 Å². The third-order valence-electron chi connectivity index (χ3n) is 3.43. The third-order valence-corrected chi connectivity index (χ3v) is 3.43. The molecule has 4 nitrogen and oxygen atoms in total.